The second kappa shape index (κ2) is 6.54. The summed E-state index contributed by atoms with van der Waals surface area (Å²) in [6, 6.07) is 7.38. The molecule has 0 saturated heterocycles. The fraction of sp³-hybridized carbons (Fsp3) is 0.294. The van der Waals surface area contributed by atoms with E-state index in [4.69, 9.17) is 11.6 Å². The number of hydrogen-bond acceptors (Lipinski definition) is 2. The van der Waals surface area contributed by atoms with E-state index in [2.05, 4.69) is 10.3 Å². The lowest BCUT2D eigenvalue weighted by Crippen LogP contribution is -2.33. The number of fused-ring (bicyclic) bond motifs is 1. The summed E-state index contributed by atoms with van der Waals surface area (Å²) >= 11 is 5.96. The highest BCUT2D eigenvalue weighted by Gasteiger charge is 2.23. The van der Waals surface area contributed by atoms with Crippen LogP contribution in [-0.4, -0.2) is 10.9 Å². The van der Waals surface area contributed by atoms with Crippen LogP contribution in [0.1, 0.15) is 35.7 Å². The van der Waals surface area contributed by atoms with Gasteiger partial charge in [-0.15, -0.1) is 0 Å². The van der Waals surface area contributed by atoms with Crippen molar-refractivity contribution in [3.63, 3.8) is 0 Å². The van der Waals surface area contributed by atoms with Gasteiger partial charge in [0, 0.05) is 22.3 Å². The molecular weight excluding hydrogens is 319 g/mol. The Hall–Kier alpha value is -2.14. The molecule has 4 nitrogen and oxygen atoms in total. The van der Waals surface area contributed by atoms with E-state index in [1.807, 2.05) is 0 Å². The third kappa shape index (κ3) is 3.45. The molecule has 23 heavy (non-hydrogen) atoms. The Morgan fingerprint density at radius 2 is 2.17 bits per heavy atom. The second-order valence-corrected chi connectivity index (χ2v) is 6.05. The molecule has 3 rings (SSSR count). The van der Waals surface area contributed by atoms with Crippen molar-refractivity contribution in [3.8, 4) is 0 Å². The Morgan fingerprint density at radius 3 is 2.96 bits per heavy atom. The Kier molecular flexibility index (Phi) is 4.48. The van der Waals surface area contributed by atoms with E-state index in [0.717, 1.165) is 30.5 Å². The van der Waals surface area contributed by atoms with Crippen molar-refractivity contribution >= 4 is 17.5 Å². The fourth-order valence-electron chi connectivity index (χ4n) is 2.96. The predicted molar refractivity (Wildman–Crippen MR) is 86.0 cm³/mol. The maximum absolute atomic E-state index is 13.8. The zero-order chi connectivity index (χ0) is 16.4. The zero-order valence-corrected chi connectivity index (χ0v) is 13.1. The number of rotatable bonds is 3. The molecule has 2 N–H and O–H groups in total. The molecule has 1 atom stereocenters. The van der Waals surface area contributed by atoms with Gasteiger partial charge in [0.2, 0.25) is 11.5 Å². The number of H-pyrrole nitrogens is 1. The molecule has 1 amide bonds. The van der Waals surface area contributed by atoms with Crippen LogP contribution in [-0.2, 0) is 17.6 Å². The first-order valence-corrected chi connectivity index (χ1v) is 7.87. The molecule has 1 aliphatic rings. The number of pyridine rings is 1. The second-order valence-electron chi connectivity index (χ2n) is 5.65. The summed E-state index contributed by atoms with van der Waals surface area (Å²) in [5.41, 5.74) is 1.83. The van der Waals surface area contributed by atoms with E-state index in [1.165, 1.54) is 18.2 Å². The van der Waals surface area contributed by atoms with Gasteiger partial charge >= 0.3 is 0 Å². The van der Waals surface area contributed by atoms with Crippen LogP contribution in [0, 0.1) is 5.82 Å². The molecular formula is C17H16ClFN2O2. The van der Waals surface area contributed by atoms with Gasteiger partial charge in [-0.3, -0.25) is 9.59 Å². The highest BCUT2D eigenvalue weighted by Crippen LogP contribution is 2.28. The molecule has 0 aliphatic heterocycles. The summed E-state index contributed by atoms with van der Waals surface area (Å²) in [6.45, 7) is 0. The molecule has 0 spiro atoms. The summed E-state index contributed by atoms with van der Waals surface area (Å²) in [5, 5.41) is 3.16. The summed E-state index contributed by atoms with van der Waals surface area (Å²) in [5.74, 6) is -0.776. The number of aromatic amines is 1. The van der Waals surface area contributed by atoms with Gasteiger partial charge in [-0.1, -0.05) is 17.7 Å². The number of halogens is 2. The van der Waals surface area contributed by atoms with Crippen LogP contribution in [0.3, 0.4) is 0 Å². The van der Waals surface area contributed by atoms with Crippen LogP contribution in [0.2, 0.25) is 5.02 Å². The van der Waals surface area contributed by atoms with Gasteiger partial charge in [0.25, 0.3) is 0 Å². The van der Waals surface area contributed by atoms with Crippen LogP contribution in [0.15, 0.2) is 35.1 Å². The average Bonchev–Trinajstić information content (AvgIpc) is 2.51. The molecule has 0 bridgehead atoms. The van der Waals surface area contributed by atoms with E-state index in [1.54, 1.807) is 12.1 Å². The van der Waals surface area contributed by atoms with Crippen molar-refractivity contribution in [3.05, 3.63) is 68.3 Å². The Balaban J connectivity index is 1.76. The van der Waals surface area contributed by atoms with Gasteiger partial charge in [-0.05, 0) is 43.0 Å². The van der Waals surface area contributed by atoms with Gasteiger partial charge in [-0.25, -0.2) is 4.39 Å². The molecule has 2 aromatic rings. The molecule has 1 heterocycles. The first-order valence-electron chi connectivity index (χ1n) is 7.49. The highest BCUT2D eigenvalue weighted by atomic mass is 35.5. The third-order valence-electron chi connectivity index (χ3n) is 4.07. The van der Waals surface area contributed by atoms with E-state index in [0.29, 0.717) is 0 Å². The van der Waals surface area contributed by atoms with E-state index >= 15 is 0 Å². The van der Waals surface area contributed by atoms with Crippen molar-refractivity contribution in [1.82, 2.24) is 10.3 Å². The Bertz CT molecular complexity index is 783. The van der Waals surface area contributed by atoms with E-state index in [-0.39, 0.29) is 34.5 Å². The van der Waals surface area contributed by atoms with Crippen LogP contribution in [0.5, 0.6) is 0 Å². The van der Waals surface area contributed by atoms with Crippen LogP contribution >= 0.6 is 11.6 Å². The zero-order valence-electron chi connectivity index (χ0n) is 12.4. The maximum atomic E-state index is 13.8. The quantitative estimate of drug-likeness (QED) is 0.906. The third-order valence-corrected chi connectivity index (χ3v) is 4.42. The van der Waals surface area contributed by atoms with Crippen LogP contribution < -0.4 is 10.9 Å². The molecule has 0 radical (unpaired) electrons. The van der Waals surface area contributed by atoms with Gasteiger partial charge in [0.1, 0.15) is 5.82 Å². The number of carbonyl (C=O) groups excluding carboxylic acids is 1. The summed E-state index contributed by atoms with van der Waals surface area (Å²) in [6.07, 6.45) is 2.34. The SMILES string of the molecule is O=C(Cc1c(F)cccc1Cl)N[C@H]1CCCc2[nH]c(=O)ccc21. The molecule has 120 valence electrons. The van der Waals surface area contributed by atoms with Crippen LogP contribution in [0.4, 0.5) is 4.39 Å². The van der Waals surface area contributed by atoms with E-state index in [9.17, 15) is 14.0 Å². The number of aromatic nitrogens is 1. The van der Waals surface area contributed by atoms with Crippen molar-refractivity contribution < 1.29 is 9.18 Å². The number of hydrogen-bond donors (Lipinski definition) is 2. The topological polar surface area (TPSA) is 62.0 Å². The highest BCUT2D eigenvalue weighted by molar-refractivity contribution is 6.31. The first-order chi connectivity index (χ1) is 11.0. The standard InChI is InChI=1S/C17H16ClFN2O2/c18-12-3-1-4-13(19)11(12)9-17(23)21-15-6-2-5-14-10(15)7-8-16(22)20-14/h1,3-4,7-8,15H,2,5-6,9H2,(H,20,22)(H,21,23)/t15-/m0/s1. The lowest BCUT2D eigenvalue weighted by Gasteiger charge is -2.26. The van der Waals surface area contributed by atoms with Gasteiger partial charge in [0.05, 0.1) is 12.5 Å². The summed E-state index contributed by atoms with van der Waals surface area (Å²) in [7, 11) is 0. The van der Waals surface area contributed by atoms with E-state index < -0.39 is 5.82 Å². The maximum Gasteiger partial charge on any atom is 0.248 e. The van der Waals surface area contributed by atoms with Crippen LogP contribution in [0.25, 0.3) is 0 Å². The Labute approximate surface area is 137 Å². The molecule has 1 aromatic heterocycles. The number of aryl methyl sites for hydroxylation is 1. The minimum absolute atomic E-state index is 0.110. The summed E-state index contributed by atoms with van der Waals surface area (Å²) < 4.78 is 13.8. The molecule has 1 aromatic carbocycles. The Morgan fingerprint density at radius 1 is 1.35 bits per heavy atom. The lowest BCUT2D eigenvalue weighted by atomic mass is 9.91. The normalized spacial score (nSPS) is 16.7. The average molecular weight is 335 g/mol. The lowest BCUT2D eigenvalue weighted by molar-refractivity contribution is -0.121. The predicted octanol–water partition coefficient (Wildman–Crippen LogP) is 2.90. The summed E-state index contributed by atoms with van der Waals surface area (Å²) in [4.78, 5) is 26.5. The molecule has 0 fully saturated rings. The van der Waals surface area contributed by atoms with Crippen molar-refractivity contribution in [1.29, 1.82) is 0 Å². The van der Waals surface area contributed by atoms with Gasteiger partial charge in [0.15, 0.2) is 0 Å². The number of benzene rings is 1. The number of amides is 1. The van der Waals surface area contributed by atoms with Crippen molar-refractivity contribution in [2.75, 3.05) is 0 Å². The molecule has 1 aliphatic carbocycles. The van der Waals surface area contributed by atoms with Crippen molar-refractivity contribution in [2.45, 2.75) is 31.7 Å². The van der Waals surface area contributed by atoms with Crippen molar-refractivity contribution in [2.24, 2.45) is 0 Å². The first kappa shape index (κ1) is 15.7. The number of carbonyl (C=O) groups is 1. The van der Waals surface area contributed by atoms with Gasteiger partial charge < -0.3 is 10.3 Å². The minimum Gasteiger partial charge on any atom is -0.349 e. The smallest absolute Gasteiger partial charge is 0.248 e. The monoisotopic (exact) mass is 334 g/mol. The fourth-order valence-corrected chi connectivity index (χ4v) is 3.19. The molecule has 0 saturated carbocycles. The molecule has 0 unspecified atom stereocenters. The van der Waals surface area contributed by atoms with Gasteiger partial charge in [-0.2, -0.15) is 0 Å². The number of nitrogens with one attached hydrogen (secondary N) is 2. The molecule has 6 heteroatoms. The largest absolute Gasteiger partial charge is 0.349 e. The minimum atomic E-state index is -0.485.